The van der Waals surface area contributed by atoms with Gasteiger partial charge in [-0.1, -0.05) is 0 Å². The van der Waals surface area contributed by atoms with Gasteiger partial charge in [-0.15, -0.1) is 11.3 Å². The molecule has 82 valence electrons. The molecule has 0 saturated carbocycles. The average molecular weight is 235 g/mol. The van der Waals surface area contributed by atoms with Crippen LogP contribution in [0.5, 0.6) is 0 Å². The van der Waals surface area contributed by atoms with Gasteiger partial charge >= 0.3 is 0 Å². The van der Waals surface area contributed by atoms with Crippen LogP contribution in [0.25, 0.3) is 0 Å². The fraction of sp³-hybridized carbons (Fsp3) is 0. The number of nitrogens with one attached hydrogen (secondary N) is 2. The molecule has 2 rings (SSSR count). The highest BCUT2D eigenvalue weighted by molar-refractivity contribution is 7.13. The number of thiazole rings is 1. The van der Waals surface area contributed by atoms with E-state index >= 15 is 0 Å². The first-order valence-corrected chi connectivity index (χ1v) is 5.30. The largest absolute Gasteiger partial charge is 0.322 e. The van der Waals surface area contributed by atoms with Crippen molar-refractivity contribution in [3.05, 3.63) is 35.6 Å². The highest BCUT2D eigenvalue weighted by Gasteiger charge is 2.11. The summed E-state index contributed by atoms with van der Waals surface area (Å²) >= 11 is 1.35. The van der Waals surface area contributed by atoms with E-state index in [2.05, 4.69) is 20.7 Å². The number of anilines is 2. The van der Waals surface area contributed by atoms with Gasteiger partial charge in [-0.3, -0.25) is 20.9 Å². The van der Waals surface area contributed by atoms with E-state index in [9.17, 15) is 4.79 Å². The Kier molecular flexibility index (Phi) is 3.08. The number of rotatable bonds is 3. The number of nitrogen functional groups attached to an aromatic ring is 1. The number of hydrazine groups is 1. The molecule has 7 heteroatoms. The number of hydrogen-bond donors (Lipinski definition) is 3. The topological polar surface area (TPSA) is 92.9 Å². The Morgan fingerprint density at radius 1 is 1.44 bits per heavy atom. The lowest BCUT2D eigenvalue weighted by Gasteiger charge is -2.06. The van der Waals surface area contributed by atoms with Gasteiger partial charge in [0.25, 0.3) is 5.91 Å². The molecule has 2 heterocycles. The maximum atomic E-state index is 11.8. The first kappa shape index (κ1) is 10.5. The molecule has 6 nitrogen and oxygen atoms in total. The van der Waals surface area contributed by atoms with E-state index in [0.717, 1.165) is 0 Å². The summed E-state index contributed by atoms with van der Waals surface area (Å²) in [6.45, 7) is 0. The minimum atomic E-state index is -0.273. The van der Waals surface area contributed by atoms with Crippen LogP contribution in [-0.4, -0.2) is 15.9 Å². The molecule has 0 radical (unpaired) electrons. The molecule has 2 aromatic heterocycles. The fourth-order valence-electron chi connectivity index (χ4n) is 1.16. The predicted molar refractivity (Wildman–Crippen MR) is 62.1 cm³/mol. The second-order valence-electron chi connectivity index (χ2n) is 2.86. The molecule has 0 bridgehead atoms. The van der Waals surface area contributed by atoms with Gasteiger partial charge in [-0.2, -0.15) is 0 Å². The Morgan fingerprint density at radius 2 is 2.31 bits per heavy atom. The van der Waals surface area contributed by atoms with Gasteiger partial charge in [-0.25, -0.2) is 4.98 Å². The van der Waals surface area contributed by atoms with Crippen molar-refractivity contribution in [2.45, 2.75) is 0 Å². The number of hydrogen-bond acceptors (Lipinski definition) is 6. The van der Waals surface area contributed by atoms with Crippen LogP contribution in [0, 0.1) is 0 Å². The Morgan fingerprint density at radius 3 is 3.00 bits per heavy atom. The third-order valence-corrected chi connectivity index (χ3v) is 2.56. The van der Waals surface area contributed by atoms with Crippen molar-refractivity contribution in [1.82, 2.24) is 9.97 Å². The summed E-state index contributed by atoms with van der Waals surface area (Å²) in [5.41, 5.74) is 3.31. The molecular weight excluding hydrogens is 226 g/mol. The zero-order chi connectivity index (χ0) is 11.4. The Labute approximate surface area is 95.5 Å². The third kappa shape index (κ3) is 2.15. The molecule has 0 saturated heterocycles. The quantitative estimate of drug-likeness (QED) is 0.546. The van der Waals surface area contributed by atoms with Gasteiger partial charge in [0, 0.05) is 17.8 Å². The first-order chi connectivity index (χ1) is 7.81. The fourth-order valence-corrected chi connectivity index (χ4v) is 1.68. The minimum Gasteiger partial charge on any atom is -0.322 e. The van der Waals surface area contributed by atoms with Crippen LogP contribution < -0.4 is 16.6 Å². The molecule has 0 fully saturated rings. The summed E-state index contributed by atoms with van der Waals surface area (Å²) in [5.74, 6) is 5.01. The highest BCUT2D eigenvalue weighted by atomic mass is 32.1. The van der Waals surface area contributed by atoms with Gasteiger partial charge in [0.1, 0.15) is 0 Å². The third-order valence-electron chi connectivity index (χ3n) is 1.87. The van der Waals surface area contributed by atoms with E-state index in [1.54, 1.807) is 17.6 Å². The summed E-state index contributed by atoms with van der Waals surface area (Å²) in [6.07, 6.45) is 4.63. The Bertz CT molecular complexity index is 484. The first-order valence-electron chi connectivity index (χ1n) is 4.42. The van der Waals surface area contributed by atoms with Crippen LogP contribution in [-0.2, 0) is 0 Å². The maximum Gasteiger partial charge on any atom is 0.259 e. The van der Waals surface area contributed by atoms with E-state index < -0.39 is 0 Å². The van der Waals surface area contributed by atoms with Crippen molar-refractivity contribution in [2.75, 3.05) is 10.7 Å². The summed E-state index contributed by atoms with van der Waals surface area (Å²) in [6, 6.07) is 1.58. The number of nitrogens with two attached hydrogens (primary N) is 1. The number of pyridine rings is 1. The average Bonchev–Trinajstić information content (AvgIpc) is 2.81. The summed E-state index contributed by atoms with van der Waals surface area (Å²) in [5, 5.41) is 4.99. The SMILES string of the molecule is NNc1cnccc1C(=O)Nc1nccs1. The van der Waals surface area contributed by atoms with E-state index in [4.69, 9.17) is 5.84 Å². The number of carbonyl (C=O) groups is 1. The molecule has 0 aliphatic carbocycles. The molecule has 2 aromatic rings. The standard InChI is InChI=1S/C9H9N5OS/c10-14-7-5-11-2-1-6(7)8(15)13-9-12-3-4-16-9/h1-5,14H,10H2,(H,12,13,15). The highest BCUT2D eigenvalue weighted by Crippen LogP contribution is 2.16. The lowest BCUT2D eigenvalue weighted by atomic mass is 10.2. The monoisotopic (exact) mass is 235 g/mol. The summed E-state index contributed by atoms with van der Waals surface area (Å²) < 4.78 is 0. The number of carbonyl (C=O) groups excluding carboxylic acids is 1. The van der Waals surface area contributed by atoms with Crippen molar-refractivity contribution in [3.63, 3.8) is 0 Å². The number of aromatic nitrogens is 2. The molecule has 0 spiro atoms. The minimum absolute atomic E-state index is 0.273. The second-order valence-corrected chi connectivity index (χ2v) is 3.75. The van der Waals surface area contributed by atoms with E-state index in [1.165, 1.54) is 23.7 Å². The van der Waals surface area contributed by atoms with Gasteiger partial charge in [0.15, 0.2) is 5.13 Å². The smallest absolute Gasteiger partial charge is 0.259 e. The molecule has 0 atom stereocenters. The molecular formula is C9H9N5OS. The van der Waals surface area contributed by atoms with Gasteiger partial charge in [0.2, 0.25) is 0 Å². The van der Waals surface area contributed by atoms with Crippen LogP contribution in [0.4, 0.5) is 10.8 Å². The second kappa shape index (κ2) is 4.69. The van der Waals surface area contributed by atoms with E-state index in [-0.39, 0.29) is 5.91 Å². The van der Waals surface area contributed by atoms with Crippen molar-refractivity contribution < 1.29 is 4.79 Å². The van der Waals surface area contributed by atoms with Crippen molar-refractivity contribution in [2.24, 2.45) is 5.84 Å². The van der Waals surface area contributed by atoms with Crippen molar-refractivity contribution in [1.29, 1.82) is 0 Å². The van der Waals surface area contributed by atoms with Gasteiger partial charge in [0.05, 0.1) is 17.4 Å². The van der Waals surface area contributed by atoms with Gasteiger partial charge < -0.3 is 5.43 Å². The van der Waals surface area contributed by atoms with Crippen LogP contribution in [0.1, 0.15) is 10.4 Å². The normalized spacial score (nSPS) is 9.81. The zero-order valence-electron chi connectivity index (χ0n) is 8.18. The predicted octanol–water partition coefficient (Wildman–Crippen LogP) is 1.08. The Balaban J connectivity index is 2.21. The molecule has 1 amide bonds. The van der Waals surface area contributed by atoms with E-state index in [0.29, 0.717) is 16.4 Å². The molecule has 16 heavy (non-hydrogen) atoms. The molecule has 0 aliphatic rings. The van der Waals surface area contributed by atoms with E-state index in [1.807, 2.05) is 0 Å². The number of amides is 1. The van der Waals surface area contributed by atoms with Crippen molar-refractivity contribution >= 4 is 28.1 Å². The number of nitrogens with zero attached hydrogens (tertiary/aromatic N) is 2. The zero-order valence-corrected chi connectivity index (χ0v) is 8.99. The maximum absolute atomic E-state index is 11.8. The molecule has 4 N–H and O–H groups in total. The molecule has 0 aromatic carbocycles. The Hall–Kier alpha value is -1.99. The van der Waals surface area contributed by atoms with Crippen molar-refractivity contribution in [3.8, 4) is 0 Å². The summed E-state index contributed by atoms with van der Waals surface area (Å²) in [4.78, 5) is 19.6. The van der Waals surface area contributed by atoms with Gasteiger partial charge in [-0.05, 0) is 6.07 Å². The lowest BCUT2D eigenvalue weighted by molar-refractivity contribution is 0.102. The van der Waals surface area contributed by atoms with Crippen LogP contribution in [0.3, 0.4) is 0 Å². The molecule has 0 aliphatic heterocycles. The summed E-state index contributed by atoms with van der Waals surface area (Å²) in [7, 11) is 0. The van der Waals surface area contributed by atoms with Crippen LogP contribution >= 0.6 is 11.3 Å². The van der Waals surface area contributed by atoms with Crippen LogP contribution in [0.15, 0.2) is 30.0 Å². The lowest BCUT2D eigenvalue weighted by Crippen LogP contribution is -2.17. The molecule has 0 unspecified atom stereocenters. The van der Waals surface area contributed by atoms with Crippen LogP contribution in [0.2, 0.25) is 0 Å².